The molecule has 5 nitrogen and oxygen atoms in total. The predicted octanol–water partition coefficient (Wildman–Crippen LogP) is 3.61. The van der Waals surface area contributed by atoms with Crippen LogP contribution in [-0.2, 0) is 0 Å². The molecule has 0 radical (unpaired) electrons. The van der Waals surface area contributed by atoms with Gasteiger partial charge in [-0.1, -0.05) is 17.7 Å². The Morgan fingerprint density at radius 3 is 2.73 bits per heavy atom. The van der Waals surface area contributed by atoms with Gasteiger partial charge in [-0.3, -0.25) is 4.40 Å². The molecule has 4 aromatic rings. The number of hydrogen-bond acceptors (Lipinski definition) is 4. The van der Waals surface area contributed by atoms with Gasteiger partial charge in [0, 0.05) is 11.8 Å². The molecule has 3 heterocycles. The summed E-state index contributed by atoms with van der Waals surface area (Å²) in [6.45, 7) is 3.92. The molecule has 0 unspecified atom stereocenters. The van der Waals surface area contributed by atoms with Crippen LogP contribution in [0, 0.1) is 13.8 Å². The van der Waals surface area contributed by atoms with E-state index in [1.165, 1.54) is 0 Å². The third-order valence-electron chi connectivity index (χ3n) is 3.62. The molecular formula is C16H12ClN5. The molecule has 3 aromatic heterocycles. The largest absolute Gasteiger partial charge is 0.255 e. The Hall–Kier alpha value is -2.53. The van der Waals surface area contributed by atoms with Crippen LogP contribution in [-0.4, -0.2) is 24.6 Å². The zero-order valence-corrected chi connectivity index (χ0v) is 12.8. The number of aromatic nitrogens is 5. The first-order valence-corrected chi connectivity index (χ1v) is 7.26. The highest BCUT2D eigenvalue weighted by molar-refractivity contribution is 6.33. The van der Waals surface area contributed by atoms with Crippen LogP contribution in [0.5, 0.6) is 0 Å². The van der Waals surface area contributed by atoms with Crippen molar-refractivity contribution in [1.82, 2.24) is 24.6 Å². The minimum Gasteiger partial charge on any atom is -0.255 e. The number of fused-ring (bicyclic) bond motifs is 3. The predicted molar refractivity (Wildman–Crippen MR) is 86.0 cm³/mol. The quantitative estimate of drug-likeness (QED) is 0.539. The van der Waals surface area contributed by atoms with Crippen LogP contribution >= 0.6 is 11.6 Å². The van der Waals surface area contributed by atoms with Crippen molar-refractivity contribution in [3.63, 3.8) is 0 Å². The summed E-state index contributed by atoms with van der Waals surface area (Å²) in [5.41, 5.74) is 4.96. The highest BCUT2D eigenvalue weighted by Crippen LogP contribution is 2.29. The lowest BCUT2D eigenvalue weighted by Gasteiger charge is -2.07. The lowest BCUT2D eigenvalue weighted by Crippen LogP contribution is -1.99. The number of pyridine rings is 1. The second-order valence-corrected chi connectivity index (χ2v) is 5.62. The molecule has 0 fully saturated rings. The van der Waals surface area contributed by atoms with Crippen molar-refractivity contribution in [3.8, 4) is 11.4 Å². The average Bonchev–Trinajstić information content (AvgIpc) is 2.93. The van der Waals surface area contributed by atoms with E-state index in [9.17, 15) is 0 Å². The minimum absolute atomic E-state index is 0.646. The molecule has 0 atom stereocenters. The second-order valence-electron chi connectivity index (χ2n) is 5.21. The van der Waals surface area contributed by atoms with Gasteiger partial charge >= 0.3 is 0 Å². The summed E-state index contributed by atoms with van der Waals surface area (Å²) in [5, 5.41) is 9.22. The Morgan fingerprint density at radius 1 is 1.05 bits per heavy atom. The highest BCUT2D eigenvalue weighted by atomic mass is 35.5. The van der Waals surface area contributed by atoms with E-state index in [1.54, 1.807) is 6.20 Å². The van der Waals surface area contributed by atoms with Crippen molar-refractivity contribution in [2.75, 3.05) is 0 Å². The fourth-order valence-corrected chi connectivity index (χ4v) is 2.89. The molecule has 0 aliphatic carbocycles. The van der Waals surface area contributed by atoms with Gasteiger partial charge in [-0.15, -0.1) is 10.2 Å². The summed E-state index contributed by atoms with van der Waals surface area (Å²) in [5.74, 6) is 0.675. The molecule has 0 amide bonds. The van der Waals surface area contributed by atoms with E-state index in [0.717, 1.165) is 28.0 Å². The Balaban J connectivity index is 2.15. The summed E-state index contributed by atoms with van der Waals surface area (Å²) in [6.07, 6.45) is 1.74. The van der Waals surface area contributed by atoms with Gasteiger partial charge < -0.3 is 0 Å². The van der Waals surface area contributed by atoms with E-state index in [-0.39, 0.29) is 0 Å². The molecule has 6 heteroatoms. The van der Waals surface area contributed by atoms with Crippen LogP contribution in [0.2, 0.25) is 5.02 Å². The summed E-state index contributed by atoms with van der Waals surface area (Å²) >= 11 is 6.40. The van der Waals surface area contributed by atoms with Crippen LogP contribution in [0.3, 0.4) is 0 Å². The van der Waals surface area contributed by atoms with Crippen molar-refractivity contribution in [2.24, 2.45) is 0 Å². The lowest BCUT2D eigenvalue weighted by molar-refractivity contribution is 1.11. The molecule has 4 rings (SSSR count). The van der Waals surface area contributed by atoms with Gasteiger partial charge in [-0.05, 0) is 43.7 Å². The first-order valence-electron chi connectivity index (χ1n) is 6.88. The zero-order valence-electron chi connectivity index (χ0n) is 12.1. The van der Waals surface area contributed by atoms with E-state index >= 15 is 0 Å². The van der Waals surface area contributed by atoms with Crippen LogP contribution in [0.25, 0.3) is 28.2 Å². The molecular weight excluding hydrogens is 298 g/mol. The van der Waals surface area contributed by atoms with E-state index < -0.39 is 0 Å². The molecule has 0 saturated heterocycles. The number of hydrogen-bond donors (Lipinski definition) is 0. The summed E-state index contributed by atoms with van der Waals surface area (Å²) in [7, 11) is 0. The smallest absolute Gasteiger partial charge is 0.184 e. The molecule has 22 heavy (non-hydrogen) atoms. The molecule has 1 aromatic carbocycles. The topological polar surface area (TPSA) is 56.0 Å². The molecule has 0 saturated carbocycles. The Morgan fingerprint density at radius 2 is 1.91 bits per heavy atom. The van der Waals surface area contributed by atoms with Gasteiger partial charge in [0.05, 0.1) is 10.7 Å². The van der Waals surface area contributed by atoms with Gasteiger partial charge in [-0.2, -0.15) is 0 Å². The van der Waals surface area contributed by atoms with Gasteiger partial charge in [-0.25, -0.2) is 9.97 Å². The Kier molecular flexibility index (Phi) is 2.84. The maximum absolute atomic E-state index is 6.40. The zero-order chi connectivity index (χ0) is 15.3. The van der Waals surface area contributed by atoms with E-state index in [4.69, 9.17) is 11.6 Å². The van der Waals surface area contributed by atoms with Crippen molar-refractivity contribution < 1.29 is 0 Å². The number of aryl methyl sites for hydroxylation is 2. The van der Waals surface area contributed by atoms with Crippen LogP contribution < -0.4 is 0 Å². The van der Waals surface area contributed by atoms with Crippen molar-refractivity contribution in [2.45, 2.75) is 13.8 Å². The Labute approximate surface area is 131 Å². The van der Waals surface area contributed by atoms with Crippen molar-refractivity contribution in [3.05, 3.63) is 52.8 Å². The van der Waals surface area contributed by atoms with Crippen LogP contribution in [0.15, 0.2) is 36.5 Å². The average molecular weight is 310 g/mol. The van der Waals surface area contributed by atoms with Gasteiger partial charge in [0.15, 0.2) is 17.1 Å². The number of nitrogens with zero attached hydrogens (tertiary/aromatic N) is 5. The standard InChI is InChI=1S/C16H12ClN5/c1-9-5-6-11(12(17)8-9)15-21-20-14-10(2)19-13-4-3-7-18-16(13)22(14)15/h3-8H,1-2H3. The molecule has 0 bridgehead atoms. The molecule has 0 aliphatic heterocycles. The first kappa shape index (κ1) is 13.2. The van der Waals surface area contributed by atoms with Gasteiger partial charge in [0.25, 0.3) is 0 Å². The van der Waals surface area contributed by atoms with Crippen LogP contribution in [0.1, 0.15) is 11.3 Å². The van der Waals surface area contributed by atoms with Gasteiger partial charge in [0.2, 0.25) is 0 Å². The fourth-order valence-electron chi connectivity index (χ4n) is 2.57. The summed E-state index contributed by atoms with van der Waals surface area (Å²) in [6, 6.07) is 9.67. The normalized spacial score (nSPS) is 11.4. The van der Waals surface area contributed by atoms with E-state index in [2.05, 4.69) is 20.2 Å². The van der Waals surface area contributed by atoms with E-state index in [0.29, 0.717) is 16.5 Å². The van der Waals surface area contributed by atoms with E-state index in [1.807, 2.05) is 48.6 Å². The second kappa shape index (κ2) is 4.74. The molecule has 0 N–H and O–H groups in total. The molecule has 108 valence electrons. The minimum atomic E-state index is 0.646. The number of benzene rings is 1. The summed E-state index contributed by atoms with van der Waals surface area (Å²) in [4.78, 5) is 8.96. The SMILES string of the molecule is Cc1ccc(-c2nnc3c(C)nc4cccnc4n23)c(Cl)c1. The lowest BCUT2D eigenvalue weighted by atomic mass is 10.1. The third kappa shape index (κ3) is 1.86. The maximum atomic E-state index is 6.40. The summed E-state index contributed by atoms with van der Waals surface area (Å²) < 4.78 is 1.91. The van der Waals surface area contributed by atoms with Crippen LogP contribution in [0.4, 0.5) is 0 Å². The van der Waals surface area contributed by atoms with Gasteiger partial charge in [0.1, 0.15) is 5.52 Å². The first-order chi connectivity index (χ1) is 10.6. The fraction of sp³-hybridized carbons (Fsp3) is 0.125. The maximum Gasteiger partial charge on any atom is 0.184 e. The number of rotatable bonds is 1. The highest BCUT2D eigenvalue weighted by Gasteiger charge is 2.16. The molecule has 0 aliphatic rings. The third-order valence-corrected chi connectivity index (χ3v) is 3.93. The number of halogens is 1. The monoisotopic (exact) mass is 309 g/mol. The molecule has 0 spiro atoms. The van der Waals surface area contributed by atoms with Crippen molar-refractivity contribution >= 4 is 28.4 Å². The van der Waals surface area contributed by atoms with Crippen molar-refractivity contribution in [1.29, 1.82) is 0 Å². The Bertz CT molecular complexity index is 1020.